The largest absolute Gasteiger partial charge is 0.469 e. The number of esters is 1. The quantitative estimate of drug-likeness (QED) is 0.688. The first-order valence-electron chi connectivity index (χ1n) is 5.72. The average molecular weight is 293 g/mol. The second-order valence-corrected chi connectivity index (χ2v) is 4.96. The molecule has 0 saturated carbocycles. The maximum atomic E-state index is 13.3. The Hall–Kier alpha value is -1.63. The predicted octanol–water partition coefficient (Wildman–Crippen LogP) is 3.04. The van der Waals surface area contributed by atoms with Gasteiger partial charge in [0.15, 0.2) is 0 Å². The molecule has 0 aliphatic rings. The van der Waals surface area contributed by atoms with Crippen LogP contribution in [0.3, 0.4) is 0 Å². The molecule has 0 unspecified atom stereocenters. The van der Waals surface area contributed by atoms with Crippen LogP contribution in [0.15, 0.2) is 18.2 Å². The molecule has 0 aliphatic heterocycles. The van der Waals surface area contributed by atoms with Gasteiger partial charge >= 0.3 is 12.1 Å². The molecule has 7 heteroatoms. The number of alkyl halides is 3. The Labute approximate surface area is 113 Å². The first kappa shape index (κ1) is 16.4. The maximum absolute atomic E-state index is 13.3. The molecule has 0 heterocycles. The van der Waals surface area contributed by atoms with Crippen LogP contribution in [0.1, 0.15) is 31.0 Å². The summed E-state index contributed by atoms with van der Waals surface area (Å²) in [5, 5.41) is 0. The van der Waals surface area contributed by atoms with E-state index >= 15 is 0 Å². The zero-order valence-electron chi connectivity index (χ0n) is 11.2. The van der Waals surface area contributed by atoms with Gasteiger partial charge in [-0.2, -0.15) is 13.2 Å². The Balaban J connectivity index is 3.27. The lowest BCUT2D eigenvalue weighted by molar-refractivity contribution is -0.152. The number of ether oxygens (including phenoxy) is 1. The third-order valence-corrected chi connectivity index (χ3v) is 3.10. The van der Waals surface area contributed by atoms with E-state index in [1.165, 1.54) is 13.8 Å². The summed E-state index contributed by atoms with van der Waals surface area (Å²) in [7, 11) is 1.14. The van der Waals surface area contributed by atoms with Crippen LogP contribution in [0.2, 0.25) is 0 Å². The lowest BCUT2D eigenvalue weighted by Crippen LogP contribution is -2.37. The Bertz CT molecular complexity index is 512. The molecule has 1 atom stereocenters. The third-order valence-electron chi connectivity index (χ3n) is 3.10. The topological polar surface area (TPSA) is 52.3 Å². The van der Waals surface area contributed by atoms with E-state index in [1.807, 2.05) is 0 Å². The smallest absolute Gasteiger partial charge is 0.416 e. The molecule has 0 radical (unpaired) electrons. The summed E-state index contributed by atoms with van der Waals surface area (Å²) in [5.41, 5.74) is 3.24. The second kappa shape index (κ2) is 5.40. The van der Waals surface area contributed by atoms with Crippen LogP contribution in [-0.2, 0) is 15.7 Å². The van der Waals surface area contributed by atoms with Crippen LogP contribution in [0.5, 0.6) is 0 Å². The van der Waals surface area contributed by atoms with Crippen molar-refractivity contribution in [2.45, 2.75) is 26.1 Å². The number of rotatable bonds is 3. The Morgan fingerprint density at radius 3 is 2.25 bits per heavy atom. The molecule has 3 nitrogen and oxygen atoms in total. The van der Waals surface area contributed by atoms with Crippen LogP contribution >= 0.6 is 0 Å². The number of hydrogen-bond donors (Lipinski definition) is 1. The van der Waals surface area contributed by atoms with Gasteiger partial charge in [-0.1, -0.05) is 0 Å². The van der Waals surface area contributed by atoms with Gasteiger partial charge in [-0.05, 0) is 37.6 Å². The summed E-state index contributed by atoms with van der Waals surface area (Å²) < 4.78 is 55.8. The van der Waals surface area contributed by atoms with E-state index in [0.29, 0.717) is 6.07 Å². The van der Waals surface area contributed by atoms with Crippen molar-refractivity contribution in [3.8, 4) is 0 Å². The first-order valence-corrected chi connectivity index (χ1v) is 5.72. The second-order valence-electron chi connectivity index (χ2n) is 4.96. The highest BCUT2D eigenvalue weighted by Crippen LogP contribution is 2.36. The van der Waals surface area contributed by atoms with Crippen molar-refractivity contribution in [3.05, 3.63) is 35.1 Å². The molecular weight excluding hydrogens is 278 g/mol. The molecule has 0 saturated heterocycles. The van der Waals surface area contributed by atoms with E-state index in [-0.39, 0.29) is 5.56 Å². The van der Waals surface area contributed by atoms with E-state index in [2.05, 4.69) is 4.74 Å². The molecule has 1 aromatic carbocycles. The summed E-state index contributed by atoms with van der Waals surface area (Å²) in [6.07, 6.45) is -4.69. The summed E-state index contributed by atoms with van der Waals surface area (Å²) in [6.45, 7) is 2.84. The summed E-state index contributed by atoms with van der Waals surface area (Å²) in [5.74, 6) is -1.76. The van der Waals surface area contributed by atoms with Gasteiger partial charge in [0.05, 0.1) is 18.1 Å². The van der Waals surface area contributed by atoms with Crippen molar-refractivity contribution in [1.82, 2.24) is 0 Å². The van der Waals surface area contributed by atoms with Gasteiger partial charge in [0.25, 0.3) is 0 Å². The number of halogens is 4. The molecule has 1 rings (SSSR count). The van der Waals surface area contributed by atoms with Crippen molar-refractivity contribution in [2.24, 2.45) is 11.1 Å². The third kappa shape index (κ3) is 3.27. The lowest BCUT2D eigenvalue weighted by Gasteiger charge is -2.29. The first-order chi connectivity index (χ1) is 9.00. The van der Waals surface area contributed by atoms with Crippen molar-refractivity contribution >= 4 is 5.97 Å². The fourth-order valence-electron chi connectivity index (χ4n) is 1.76. The minimum absolute atomic E-state index is 0.118. The zero-order chi connectivity index (χ0) is 15.7. The Morgan fingerprint density at radius 2 is 1.80 bits per heavy atom. The van der Waals surface area contributed by atoms with E-state index in [1.54, 1.807) is 0 Å². The molecule has 2 N–H and O–H groups in total. The summed E-state index contributed by atoms with van der Waals surface area (Å²) in [4.78, 5) is 11.6. The fraction of sp³-hybridized carbons (Fsp3) is 0.462. The number of hydrogen-bond acceptors (Lipinski definition) is 3. The van der Waals surface area contributed by atoms with E-state index in [4.69, 9.17) is 5.73 Å². The lowest BCUT2D eigenvalue weighted by atomic mass is 9.80. The van der Waals surface area contributed by atoms with Gasteiger partial charge in [0.1, 0.15) is 5.82 Å². The average Bonchev–Trinajstić information content (AvgIpc) is 2.34. The number of nitrogens with two attached hydrogens (primary N) is 1. The molecule has 0 aliphatic carbocycles. The van der Waals surface area contributed by atoms with Gasteiger partial charge in [-0.3, -0.25) is 4.79 Å². The van der Waals surface area contributed by atoms with Crippen LogP contribution in [0.25, 0.3) is 0 Å². The minimum atomic E-state index is -4.69. The summed E-state index contributed by atoms with van der Waals surface area (Å²) >= 11 is 0. The molecule has 0 amide bonds. The normalized spacial score (nSPS) is 14.0. The van der Waals surface area contributed by atoms with Gasteiger partial charge in [0.2, 0.25) is 0 Å². The van der Waals surface area contributed by atoms with Gasteiger partial charge < -0.3 is 10.5 Å². The van der Waals surface area contributed by atoms with Crippen molar-refractivity contribution < 1.29 is 27.1 Å². The SMILES string of the molecule is COC(=O)C(C)(C)[C@H](N)c1cc(F)cc(C(F)(F)F)c1. The predicted molar refractivity (Wildman–Crippen MR) is 64.1 cm³/mol. The zero-order valence-corrected chi connectivity index (χ0v) is 11.2. The van der Waals surface area contributed by atoms with Crippen molar-refractivity contribution in [1.29, 1.82) is 0 Å². The highest BCUT2D eigenvalue weighted by atomic mass is 19.4. The monoisotopic (exact) mass is 293 g/mol. The van der Waals surface area contributed by atoms with Crippen molar-refractivity contribution in [3.63, 3.8) is 0 Å². The van der Waals surface area contributed by atoms with Crippen molar-refractivity contribution in [2.75, 3.05) is 7.11 Å². The minimum Gasteiger partial charge on any atom is -0.469 e. The molecule has 0 bridgehead atoms. The molecular formula is C13H15F4NO2. The van der Waals surface area contributed by atoms with Crippen LogP contribution in [0, 0.1) is 11.2 Å². The van der Waals surface area contributed by atoms with Crippen LogP contribution in [0.4, 0.5) is 17.6 Å². The van der Waals surface area contributed by atoms with E-state index < -0.39 is 35.0 Å². The van der Waals surface area contributed by atoms with Gasteiger partial charge in [0, 0.05) is 6.04 Å². The van der Waals surface area contributed by atoms with Gasteiger partial charge in [-0.15, -0.1) is 0 Å². The van der Waals surface area contributed by atoms with E-state index in [9.17, 15) is 22.4 Å². The fourth-order valence-corrected chi connectivity index (χ4v) is 1.76. The van der Waals surface area contributed by atoms with Crippen LogP contribution < -0.4 is 5.73 Å². The highest BCUT2D eigenvalue weighted by molar-refractivity contribution is 5.77. The number of benzene rings is 1. The number of carbonyl (C=O) groups is 1. The number of methoxy groups -OCH3 is 1. The van der Waals surface area contributed by atoms with Gasteiger partial charge in [-0.25, -0.2) is 4.39 Å². The Morgan fingerprint density at radius 1 is 1.25 bits per heavy atom. The standard InChI is InChI=1S/C13H15F4NO2/c1-12(2,11(19)20-3)10(18)7-4-8(13(15,16)17)6-9(14)5-7/h4-6,10H,18H2,1-3H3/t10-/m1/s1. The molecule has 0 fully saturated rings. The van der Waals surface area contributed by atoms with E-state index in [0.717, 1.165) is 19.2 Å². The molecule has 0 spiro atoms. The number of carbonyl (C=O) groups excluding carboxylic acids is 1. The summed E-state index contributed by atoms with van der Waals surface area (Å²) in [6, 6.07) is 0.858. The molecule has 0 aromatic heterocycles. The van der Waals surface area contributed by atoms with Crippen LogP contribution in [-0.4, -0.2) is 13.1 Å². The maximum Gasteiger partial charge on any atom is 0.416 e. The molecule has 1 aromatic rings. The molecule has 20 heavy (non-hydrogen) atoms. The molecule has 112 valence electrons. The Kier molecular flexibility index (Phi) is 4.43. The highest BCUT2D eigenvalue weighted by Gasteiger charge is 2.38.